The summed E-state index contributed by atoms with van der Waals surface area (Å²) in [5.74, 6) is 0.996. The summed E-state index contributed by atoms with van der Waals surface area (Å²) in [6, 6.07) is 11.7. The maximum atomic E-state index is 12.2. The Morgan fingerprint density at radius 3 is 2.67 bits per heavy atom. The number of phenolic OH excluding ortho intramolecular Hbond substituents is 1. The van der Waals surface area contributed by atoms with E-state index < -0.39 is 5.78 Å². The topological polar surface area (TPSA) is 76.0 Å². The molecule has 0 saturated heterocycles. The Labute approximate surface area is 158 Å². The summed E-state index contributed by atoms with van der Waals surface area (Å²) in [6.45, 7) is 0.634. The van der Waals surface area contributed by atoms with Crippen molar-refractivity contribution in [2.24, 2.45) is 5.92 Å². The van der Waals surface area contributed by atoms with Crippen molar-refractivity contribution in [1.82, 2.24) is 0 Å². The highest BCUT2D eigenvalue weighted by atomic mass is 16.5. The average molecular weight is 366 g/mol. The van der Waals surface area contributed by atoms with Crippen molar-refractivity contribution in [2.45, 2.75) is 12.8 Å². The third-order valence-electron chi connectivity index (χ3n) is 4.27. The molecule has 27 heavy (non-hydrogen) atoms. The molecule has 0 radical (unpaired) electrons. The lowest BCUT2D eigenvalue weighted by Crippen LogP contribution is -2.02. The van der Waals surface area contributed by atoms with E-state index in [0.717, 1.165) is 11.6 Å². The fourth-order valence-electron chi connectivity index (χ4n) is 2.58. The molecule has 0 unspecified atom stereocenters. The second kappa shape index (κ2) is 8.45. The Hall–Kier alpha value is -3.21. The number of rotatable bonds is 8. The Bertz CT molecular complexity index is 878. The summed E-state index contributed by atoms with van der Waals surface area (Å²) in [7, 11) is 1.58. The van der Waals surface area contributed by atoms with E-state index in [4.69, 9.17) is 9.47 Å². The first kappa shape index (κ1) is 18.6. The Balaban J connectivity index is 1.78. The number of para-hydroxylation sites is 2. The highest BCUT2D eigenvalue weighted by Gasteiger charge is 2.23. The lowest BCUT2D eigenvalue weighted by molar-refractivity contribution is 0.104. The quantitative estimate of drug-likeness (QED) is 0.311. The van der Waals surface area contributed by atoms with Gasteiger partial charge >= 0.3 is 0 Å². The van der Waals surface area contributed by atoms with Crippen LogP contribution in [0.4, 0.5) is 0 Å². The maximum absolute atomic E-state index is 12.2. The van der Waals surface area contributed by atoms with Crippen LogP contribution in [0.25, 0.3) is 6.08 Å². The molecular formula is C22H22O5. The first-order valence-corrected chi connectivity index (χ1v) is 8.79. The normalized spacial score (nSPS) is 14.3. The van der Waals surface area contributed by atoms with Gasteiger partial charge in [-0.2, -0.15) is 0 Å². The number of carbonyl (C=O) groups excluding carboxylic acids is 1. The third kappa shape index (κ3) is 4.91. The van der Waals surface area contributed by atoms with E-state index in [2.05, 4.69) is 0 Å². The second-order valence-corrected chi connectivity index (χ2v) is 6.42. The van der Waals surface area contributed by atoms with Crippen LogP contribution in [0, 0.1) is 5.92 Å². The number of aromatic hydroxyl groups is 1. The van der Waals surface area contributed by atoms with Crippen LogP contribution in [-0.2, 0) is 0 Å². The molecule has 2 aromatic rings. The standard InChI is InChI=1S/C22H22O5/c1-26-21-8-4-5-16(22(21)27-14-15-9-10-15)11-12-17(23)13-20(25)18-6-2-3-7-19(18)24/h2-8,11-13,15,23-24H,9-10,14H2,1H3. The van der Waals surface area contributed by atoms with Gasteiger partial charge in [-0.15, -0.1) is 0 Å². The number of methoxy groups -OCH3 is 1. The molecule has 0 aliphatic heterocycles. The predicted molar refractivity (Wildman–Crippen MR) is 103 cm³/mol. The molecule has 1 aliphatic rings. The zero-order valence-corrected chi connectivity index (χ0v) is 15.1. The second-order valence-electron chi connectivity index (χ2n) is 6.42. The Morgan fingerprint density at radius 1 is 1.19 bits per heavy atom. The smallest absolute Gasteiger partial charge is 0.193 e. The minimum atomic E-state index is -0.480. The number of ketones is 1. The molecular weight excluding hydrogens is 344 g/mol. The number of allylic oxidation sites excluding steroid dienone is 2. The van der Waals surface area contributed by atoms with Crippen molar-refractivity contribution in [3.63, 3.8) is 0 Å². The van der Waals surface area contributed by atoms with Gasteiger partial charge in [-0.05, 0) is 49.1 Å². The van der Waals surface area contributed by atoms with Crippen LogP contribution >= 0.6 is 0 Å². The predicted octanol–water partition coefficient (Wildman–Crippen LogP) is 4.53. The average Bonchev–Trinajstić information content (AvgIpc) is 3.49. The van der Waals surface area contributed by atoms with E-state index in [1.165, 1.54) is 31.1 Å². The molecule has 3 rings (SSSR count). The number of hydrogen-bond acceptors (Lipinski definition) is 5. The molecule has 0 heterocycles. The molecule has 0 amide bonds. The van der Waals surface area contributed by atoms with Crippen LogP contribution in [0.15, 0.2) is 60.4 Å². The molecule has 5 nitrogen and oxygen atoms in total. The van der Waals surface area contributed by atoms with Crippen LogP contribution in [0.5, 0.6) is 17.2 Å². The lowest BCUT2D eigenvalue weighted by atomic mass is 10.1. The SMILES string of the molecule is COc1cccc(C=CC(O)=CC(=O)c2ccccc2O)c1OCC1CC1. The molecule has 140 valence electrons. The summed E-state index contributed by atoms with van der Waals surface area (Å²) < 4.78 is 11.3. The molecule has 1 fully saturated rings. The highest BCUT2D eigenvalue weighted by Crippen LogP contribution is 2.35. The van der Waals surface area contributed by atoms with Crippen molar-refractivity contribution in [3.8, 4) is 17.2 Å². The van der Waals surface area contributed by atoms with Gasteiger partial charge in [0.05, 0.1) is 19.3 Å². The van der Waals surface area contributed by atoms with Gasteiger partial charge in [0.2, 0.25) is 0 Å². The Morgan fingerprint density at radius 2 is 1.96 bits per heavy atom. The minimum Gasteiger partial charge on any atom is -0.508 e. The van der Waals surface area contributed by atoms with Crippen LogP contribution in [0.1, 0.15) is 28.8 Å². The number of hydrogen-bond donors (Lipinski definition) is 2. The van der Waals surface area contributed by atoms with Gasteiger partial charge in [0.25, 0.3) is 0 Å². The van der Waals surface area contributed by atoms with Crippen LogP contribution in [0.2, 0.25) is 0 Å². The molecule has 0 bridgehead atoms. The maximum Gasteiger partial charge on any atom is 0.193 e. The van der Waals surface area contributed by atoms with Gasteiger partial charge in [-0.1, -0.05) is 24.3 Å². The van der Waals surface area contributed by atoms with E-state index in [1.54, 1.807) is 25.3 Å². The number of carbonyl (C=O) groups is 1. The van der Waals surface area contributed by atoms with E-state index in [0.29, 0.717) is 24.0 Å². The summed E-state index contributed by atoms with van der Waals surface area (Å²) >= 11 is 0. The number of aliphatic hydroxyl groups excluding tert-OH is 1. The number of ether oxygens (including phenoxy) is 2. The number of benzene rings is 2. The van der Waals surface area contributed by atoms with Crippen molar-refractivity contribution in [1.29, 1.82) is 0 Å². The van der Waals surface area contributed by atoms with E-state index >= 15 is 0 Å². The van der Waals surface area contributed by atoms with E-state index in [-0.39, 0.29) is 17.1 Å². The number of aliphatic hydroxyl groups is 1. The molecule has 5 heteroatoms. The first-order chi connectivity index (χ1) is 13.1. The minimum absolute atomic E-state index is 0.126. The van der Waals surface area contributed by atoms with Gasteiger partial charge in [0.1, 0.15) is 11.5 Å². The summed E-state index contributed by atoms with van der Waals surface area (Å²) in [5, 5.41) is 19.8. The first-order valence-electron chi connectivity index (χ1n) is 8.79. The van der Waals surface area contributed by atoms with E-state index in [9.17, 15) is 15.0 Å². The monoisotopic (exact) mass is 366 g/mol. The molecule has 0 atom stereocenters. The molecule has 2 aromatic carbocycles. The van der Waals surface area contributed by atoms with Gasteiger partial charge in [-0.25, -0.2) is 0 Å². The van der Waals surface area contributed by atoms with Crippen molar-refractivity contribution < 1.29 is 24.5 Å². The van der Waals surface area contributed by atoms with Gasteiger partial charge in [0.15, 0.2) is 17.3 Å². The highest BCUT2D eigenvalue weighted by molar-refractivity contribution is 6.06. The van der Waals surface area contributed by atoms with Gasteiger partial charge in [-0.3, -0.25) is 4.79 Å². The van der Waals surface area contributed by atoms with Crippen molar-refractivity contribution >= 4 is 11.9 Å². The zero-order valence-electron chi connectivity index (χ0n) is 15.1. The molecule has 0 spiro atoms. The fourth-order valence-corrected chi connectivity index (χ4v) is 2.58. The molecule has 0 aromatic heterocycles. The van der Waals surface area contributed by atoms with Gasteiger partial charge in [0, 0.05) is 11.6 Å². The largest absolute Gasteiger partial charge is 0.508 e. The van der Waals surface area contributed by atoms with Crippen molar-refractivity contribution in [2.75, 3.05) is 13.7 Å². The van der Waals surface area contributed by atoms with Crippen LogP contribution in [0.3, 0.4) is 0 Å². The Kier molecular flexibility index (Phi) is 5.81. The lowest BCUT2D eigenvalue weighted by Gasteiger charge is -2.13. The summed E-state index contributed by atoms with van der Waals surface area (Å²) in [5.41, 5.74) is 0.872. The van der Waals surface area contributed by atoms with Crippen LogP contribution < -0.4 is 9.47 Å². The zero-order chi connectivity index (χ0) is 19.2. The van der Waals surface area contributed by atoms with Gasteiger partial charge < -0.3 is 19.7 Å². The summed E-state index contributed by atoms with van der Waals surface area (Å²) in [6.07, 6.45) is 6.50. The molecule has 1 aliphatic carbocycles. The molecule has 1 saturated carbocycles. The summed E-state index contributed by atoms with van der Waals surface area (Å²) in [4.78, 5) is 12.2. The van der Waals surface area contributed by atoms with E-state index in [1.807, 2.05) is 18.2 Å². The van der Waals surface area contributed by atoms with Crippen molar-refractivity contribution in [3.05, 3.63) is 71.5 Å². The third-order valence-corrected chi connectivity index (χ3v) is 4.27. The number of phenols is 1. The fraction of sp³-hybridized carbons (Fsp3) is 0.227. The van der Waals surface area contributed by atoms with Crippen LogP contribution in [-0.4, -0.2) is 29.7 Å². The molecule has 2 N–H and O–H groups in total.